The first-order chi connectivity index (χ1) is 7.95. The van der Waals surface area contributed by atoms with Crippen molar-refractivity contribution >= 4 is 17.0 Å². The smallest absolute Gasteiger partial charge is 0.0972 e. The maximum atomic E-state index is 5.67. The molecule has 0 saturated carbocycles. The maximum absolute atomic E-state index is 5.67. The Morgan fingerprint density at radius 3 is 2.35 bits per heavy atom. The molecule has 0 unspecified atom stereocenters. The summed E-state index contributed by atoms with van der Waals surface area (Å²) in [4.78, 5) is 4.69. The van der Waals surface area contributed by atoms with Gasteiger partial charge in [0.05, 0.1) is 10.7 Å². The van der Waals surface area contributed by atoms with Crippen LogP contribution >= 0.6 is 11.3 Å². The lowest BCUT2D eigenvalue weighted by molar-refractivity contribution is 0.571. The third-order valence-corrected chi connectivity index (χ3v) is 3.50. The molecule has 3 heteroatoms. The molecule has 90 valence electrons. The molecule has 0 amide bonds. The fraction of sp³-hybridized carbons (Fsp3) is 0.357. The van der Waals surface area contributed by atoms with E-state index >= 15 is 0 Å². The normalized spacial score (nSPS) is 11.7. The van der Waals surface area contributed by atoms with Crippen molar-refractivity contribution in [2.24, 2.45) is 0 Å². The second kappa shape index (κ2) is 4.49. The Bertz CT molecular complexity index is 492. The zero-order chi connectivity index (χ0) is 12.5. The standard InChI is InChI=1S/C14H18N2S/c1-14(2,3)12-9-17-13(16-12)8-10-4-6-11(15)7-5-10/h4-7,9H,8,15H2,1-3H3. The molecule has 2 N–H and O–H groups in total. The first-order valence-corrected chi connectivity index (χ1v) is 6.62. The van der Waals surface area contributed by atoms with Crippen LogP contribution in [0.4, 0.5) is 5.69 Å². The minimum atomic E-state index is 0.135. The second-order valence-electron chi connectivity index (χ2n) is 5.29. The Balaban J connectivity index is 2.14. The molecule has 0 saturated heterocycles. The van der Waals surface area contributed by atoms with Crippen molar-refractivity contribution in [2.45, 2.75) is 32.6 Å². The van der Waals surface area contributed by atoms with Crippen LogP contribution in [-0.2, 0) is 11.8 Å². The number of nitrogen functional groups attached to an aromatic ring is 1. The van der Waals surface area contributed by atoms with Crippen LogP contribution in [0.25, 0.3) is 0 Å². The maximum Gasteiger partial charge on any atom is 0.0972 e. The number of nitrogens with two attached hydrogens (primary N) is 1. The Kier molecular flexibility index (Phi) is 3.20. The van der Waals surface area contributed by atoms with Crippen molar-refractivity contribution in [3.8, 4) is 0 Å². The number of benzene rings is 1. The van der Waals surface area contributed by atoms with E-state index < -0.39 is 0 Å². The number of aromatic nitrogens is 1. The number of hydrogen-bond acceptors (Lipinski definition) is 3. The second-order valence-corrected chi connectivity index (χ2v) is 6.24. The lowest BCUT2D eigenvalue weighted by atomic mass is 9.93. The van der Waals surface area contributed by atoms with E-state index in [1.54, 1.807) is 11.3 Å². The van der Waals surface area contributed by atoms with E-state index in [1.807, 2.05) is 12.1 Å². The van der Waals surface area contributed by atoms with Crippen molar-refractivity contribution in [2.75, 3.05) is 5.73 Å². The molecule has 17 heavy (non-hydrogen) atoms. The Labute approximate surface area is 107 Å². The summed E-state index contributed by atoms with van der Waals surface area (Å²) in [5.74, 6) is 0. The molecule has 2 aromatic rings. The SMILES string of the molecule is CC(C)(C)c1csc(Cc2ccc(N)cc2)n1. The van der Waals surface area contributed by atoms with Crippen LogP contribution < -0.4 is 5.73 Å². The molecule has 0 spiro atoms. The summed E-state index contributed by atoms with van der Waals surface area (Å²) in [5, 5.41) is 3.33. The summed E-state index contributed by atoms with van der Waals surface area (Å²) in [6.45, 7) is 6.57. The highest BCUT2D eigenvalue weighted by atomic mass is 32.1. The molecular formula is C14H18N2S. The van der Waals surface area contributed by atoms with Gasteiger partial charge < -0.3 is 5.73 Å². The van der Waals surface area contributed by atoms with Crippen LogP contribution in [0.2, 0.25) is 0 Å². The summed E-state index contributed by atoms with van der Waals surface area (Å²) in [6, 6.07) is 8.00. The van der Waals surface area contributed by atoms with Crippen molar-refractivity contribution < 1.29 is 0 Å². The van der Waals surface area contributed by atoms with Gasteiger partial charge in [-0.25, -0.2) is 4.98 Å². The van der Waals surface area contributed by atoms with E-state index in [0.29, 0.717) is 0 Å². The summed E-state index contributed by atoms with van der Waals surface area (Å²) in [6.07, 6.45) is 0.890. The number of thiazole rings is 1. The van der Waals surface area contributed by atoms with Crippen LogP contribution in [0.3, 0.4) is 0 Å². The third-order valence-electron chi connectivity index (χ3n) is 2.66. The average Bonchev–Trinajstić information content (AvgIpc) is 2.69. The van der Waals surface area contributed by atoms with Crippen LogP contribution in [0.1, 0.15) is 37.0 Å². The van der Waals surface area contributed by atoms with E-state index in [2.05, 4.69) is 43.3 Å². The van der Waals surface area contributed by atoms with Gasteiger partial charge in [0.1, 0.15) is 0 Å². The van der Waals surface area contributed by atoms with Crippen LogP contribution in [0.5, 0.6) is 0 Å². The number of hydrogen-bond donors (Lipinski definition) is 1. The topological polar surface area (TPSA) is 38.9 Å². The molecule has 1 aromatic heterocycles. The van der Waals surface area contributed by atoms with Gasteiger partial charge in [0.15, 0.2) is 0 Å². The molecular weight excluding hydrogens is 228 g/mol. The summed E-state index contributed by atoms with van der Waals surface area (Å²) in [5.41, 5.74) is 9.04. The highest BCUT2D eigenvalue weighted by molar-refractivity contribution is 7.09. The van der Waals surface area contributed by atoms with E-state index in [1.165, 1.54) is 16.3 Å². The van der Waals surface area contributed by atoms with Crippen molar-refractivity contribution in [3.05, 3.63) is 45.9 Å². The largest absolute Gasteiger partial charge is 0.399 e. The van der Waals surface area contributed by atoms with Crippen LogP contribution in [-0.4, -0.2) is 4.98 Å². The van der Waals surface area contributed by atoms with E-state index in [4.69, 9.17) is 5.73 Å². The highest BCUT2D eigenvalue weighted by Gasteiger charge is 2.17. The predicted molar refractivity (Wildman–Crippen MR) is 74.5 cm³/mol. The molecule has 0 bridgehead atoms. The Hall–Kier alpha value is -1.35. The first kappa shape index (κ1) is 12.1. The van der Waals surface area contributed by atoms with Crippen molar-refractivity contribution in [1.82, 2.24) is 4.98 Å². The first-order valence-electron chi connectivity index (χ1n) is 5.74. The molecule has 0 atom stereocenters. The fourth-order valence-corrected chi connectivity index (χ4v) is 2.60. The van der Waals surface area contributed by atoms with Gasteiger partial charge >= 0.3 is 0 Å². The molecule has 1 heterocycles. The minimum Gasteiger partial charge on any atom is -0.399 e. The molecule has 2 rings (SSSR count). The Morgan fingerprint density at radius 2 is 1.82 bits per heavy atom. The highest BCUT2D eigenvalue weighted by Crippen LogP contribution is 2.25. The molecule has 0 aliphatic carbocycles. The number of rotatable bonds is 2. The zero-order valence-corrected chi connectivity index (χ0v) is 11.3. The lowest BCUT2D eigenvalue weighted by Crippen LogP contribution is -2.11. The molecule has 0 aliphatic heterocycles. The monoisotopic (exact) mass is 246 g/mol. The van der Waals surface area contributed by atoms with Gasteiger partial charge in [0, 0.05) is 22.9 Å². The van der Waals surface area contributed by atoms with E-state index in [9.17, 15) is 0 Å². The fourth-order valence-electron chi connectivity index (χ4n) is 1.55. The summed E-state index contributed by atoms with van der Waals surface area (Å²) in [7, 11) is 0. The summed E-state index contributed by atoms with van der Waals surface area (Å²) >= 11 is 1.73. The lowest BCUT2D eigenvalue weighted by Gasteiger charge is -2.14. The van der Waals surface area contributed by atoms with Gasteiger partial charge in [-0.3, -0.25) is 0 Å². The van der Waals surface area contributed by atoms with Gasteiger partial charge in [-0.15, -0.1) is 11.3 Å². The van der Waals surface area contributed by atoms with E-state index in [0.717, 1.165) is 12.1 Å². The third kappa shape index (κ3) is 3.07. The van der Waals surface area contributed by atoms with Gasteiger partial charge in [0.25, 0.3) is 0 Å². The minimum absolute atomic E-state index is 0.135. The van der Waals surface area contributed by atoms with Gasteiger partial charge in [-0.05, 0) is 17.7 Å². The van der Waals surface area contributed by atoms with Gasteiger partial charge in [0.2, 0.25) is 0 Å². The van der Waals surface area contributed by atoms with Crippen LogP contribution in [0, 0.1) is 0 Å². The predicted octanol–water partition coefficient (Wildman–Crippen LogP) is 3.61. The zero-order valence-electron chi connectivity index (χ0n) is 10.5. The number of anilines is 1. The van der Waals surface area contributed by atoms with Gasteiger partial charge in [-0.1, -0.05) is 32.9 Å². The molecule has 0 fully saturated rings. The average molecular weight is 246 g/mol. The van der Waals surface area contributed by atoms with Crippen molar-refractivity contribution in [3.63, 3.8) is 0 Å². The quantitative estimate of drug-likeness (QED) is 0.822. The number of nitrogens with zero attached hydrogens (tertiary/aromatic N) is 1. The van der Waals surface area contributed by atoms with Gasteiger partial charge in [-0.2, -0.15) is 0 Å². The Morgan fingerprint density at radius 1 is 1.18 bits per heavy atom. The van der Waals surface area contributed by atoms with Crippen LogP contribution in [0.15, 0.2) is 29.6 Å². The molecule has 0 aliphatic rings. The summed E-state index contributed by atoms with van der Waals surface area (Å²) < 4.78 is 0. The van der Waals surface area contributed by atoms with Crippen molar-refractivity contribution in [1.29, 1.82) is 0 Å². The van der Waals surface area contributed by atoms with E-state index in [-0.39, 0.29) is 5.41 Å². The molecule has 0 radical (unpaired) electrons. The molecule has 2 nitrogen and oxygen atoms in total. The molecule has 1 aromatic carbocycles.